The minimum absolute atomic E-state index is 0.176. The molecule has 0 spiro atoms. The smallest absolute Gasteiger partial charge is 0.407 e. The molecule has 69 heavy (non-hydrogen) atoms. The number of benzene rings is 6. The van der Waals surface area contributed by atoms with Gasteiger partial charge < -0.3 is 19.5 Å². The summed E-state index contributed by atoms with van der Waals surface area (Å²) in [6.07, 6.45) is 7.61. The zero-order valence-electron chi connectivity index (χ0n) is 37.3. The normalized spacial score (nSPS) is 11.1. The van der Waals surface area contributed by atoms with Crippen molar-refractivity contribution in [3.8, 4) is 0 Å². The van der Waals surface area contributed by atoms with E-state index >= 15 is 0 Å². The van der Waals surface area contributed by atoms with Crippen molar-refractivity contribution in [3.63, 3.8) is 0 Å². The number of ketones is 2. The fourth-order valence-corrected chi connectivity index (χ4v) is 8.87. The summed E-state index contributed by atoms with van der Waals surface area (Å²) in [4.78, 5) is 76.7. The van der Waals surface area contributed by atoms with Crippen LogP contribution in [0.15, 0.2) is 163 Å². The summed E-state index contributed by atoms with van der Waals surface area (Å²) in [7, 11) is 0. The predicted molar refractivity (Wildman–Crippen MR) is 272 cm³/mol. The van der Waals surface area contributed by atoms with Gasteiger partial charge in [0.15, 0.2) is 22.7 Å². The third kappa shape index (κ3) is 12.0. The molecule has 9 rings (SSSR count). The lowest BCUT2D eigenvalue weighted by atomic mass is 10.0. The molecule has 3 aromatic heterocycles. The zero-order valence-corrected chi connectivity index (χ0v) is 39.6. The minimum Gasteiger partial charge on any atom is -0.407 e. The van der Waals surface area contributed by atoms with E-state index in [9.17, 15) is 28.8 Å². The Morgan fingerprint density at radius 1 is 0.493 bits per heavy atom. The first-order valence-electron chi connectivity index (χ1n) is 22.5. The fourth-order valence-electron chi connectivity index (χ4n) is 7.87. The number of oxazole rings is 2. The second kappa shape index (κ2) is 22.7. The van der Waals surface area contributed by atoms with Crippen molar-refractivity contribution in [2.45, 2.75) is 51.4 Å². The molecule has 6 aromatic carbocycles. The molecule has 15 heteroatoms. The van der Waals surface area contributed by atoms with E-state index in [1.807, 2.05) is 18.2 Å². The average Bonchev–Trinajstić information content (AvgIpc) is 4.09. The van der Waals surface area contributed by atoms with Gasteiger partial charge in [-0.1, -0.05) is 84.6 Å². The number of rotatable bonds is 16. The summed E-state index contributed by atoms with van der Waals surface area (Å²) in [6, 6.07) is 40.2. The molecule has 0 atom stereocenters. The van der Waals surface area contributed by atoms with E-state index in [4.69, 9.17) is 32.0 Å². The number of thiophene rings is 1. The van der Waals surface area contributed by atoms with Gasteiger partial charge in [0.25, 0.3) is 0 Å². The molecule has 2 amide bonds. The molecular formula is C54H46Cl2N4O8S. The van der Waals surface area contributed by atoms with Gasteiger partial charge in [-0.15, -0.1) is 11.3 Å². The van der Waals surface area contributed by atoms with Crippen molar-refractivity contribution in [3.05, 3.63) is 209 Å². The van der Waals surface area contributed by atoms with Crippen LogP contribution in [0.25, 0.3) is 33.0 Å². The van der Waals surface area contributed by atoms with E-state index < -0.39 is 23.6 Å². The first-order valence-corrected chi connectivity index (χ1v) is 24.1. The van der Waals surface area contributed by atoms with Crippen molar-refractivity contribution in [1.82, 2.24) is 19.8 Å². The number of unbranched alkanes of at least 4 members (excludes halogenated alkanes) is 4. The highest BCUT2D eigenvalue weighted by Gasteiger charge is 2.20. The number of hydrogen-bond acceptors (Lipinski definition) is 9. The largest absolute Gasteiger partial charge is 0.428 e. The number of carbonyl (C=O) groups is 4. The lowest BCUT2D eigenvalue weighted by molar-refractivity contribution is 0.103. The topological polar surface area (TPSA) is 163 Å². The third-order valence-corrected chi connectivity index (χ3v) is 12.9. The second-order valence-electron chi connectivity index (χ2n) is 16.3. The molecule has 0 aliphatic rings. The lowest BCUT2D eigenvalue weighted by Crippen LogP contribution is -2.34. The number of fused-ring (bicyclic) bond motifs is 3. The number of hydrogen-bond donors (Lipinski definition) is 2. The highest BCUT2D eigenvalue weighted by atomic mass is 35.5. The molecule has 0 saturated carbocycles. The quantitative estimate of drug-likeness (QED) is 0.0714. The maximum atomic E-state index is 12.8. The number of halogens is 2. The maximum Gasteiger partial charge on any atom is 0.428 e. The monoisotopic (exact) mass is 980 g/mol. The molecule has 350 valence electrons. The fraction of sp³-hybridized carbons (Fsp3) is 0.185. The standard InChI is InChI=1S/C30H25ClN2O4.C24H21ClN2O4S/c31-25-14-11-22(12-15-25)28(34)24-13-16-26-27(19-24)37-30(36)33(26)29(35)32-17-5-1-2-6-20-9-10-21-7-3-4-8-23(21)18-20;25-18-10-7-16(8-11-18)22(28)17-9-12-20-21(15-17)31-24(30)27(20)23(29)26-13-3-1-2-5-19-6-4-14-32-19/h3-4,7-16,18-19H,1-2,5-6,17H2,(H,32,35);4,6-12,14-15H,1-3,5,13H2,(H,26,29). The molecule has 9 aromatic rings. The van der Waals surface area contributed by atoms with Gasteiger partial charge in [0.2, 0.25) is 0 Å². The summed E-state index contributed by atoms with van der Waals surface area (Å²) in [5.74, 6) is -2.04. The molecule has 3 heterocycles. The lowest BCUT2D eigenvalue weighted by Gasteiger charge is -2.07. The first-order chi connectivity index (χ1) is 33.5. The van der Waals surface area contributed by atoms with Gasteiger partial charge in [-0.2, -0.15) is 9.13 Å². The highest BCUT2D eigenvalue weighted by molar-refractivity contribution is 7.09. The van der Waals surface area contributed by atoms with E-state index in [1.54, 1.807) is 84.1 Å². The van der Waals surface area contributed by atoms with Gasteiger partial charge in [0.1, 0.15) is 0 Å². The van der Waals surface area contributed by atoms with E-state index in [0.717, 1.165) is 60.5 Å². The highest BCUT2D eigenvalue weighted by Crippen LogP contribution is 2.22. The molecule has 0 unspecified atom stereocenters. The molecule has 0 fully saturated rings. The minimum atomic E-state index is -0.792. The molecule has 0 bridgehead atoms. The van der Waals surface area contributed by atoms with Crippen molar-refractivity contribution in [2.75, 3.05) is 13.1 Å². The van der Waals surface area contributed by atoms with Crippen molar-refractivity contribution in [2.24, 2.45) is 0 Å². The van der Waals surface area contributed by atoms with Gasteiger partial charge in [0.05, 0.1) is 11.0 Å². The molecule has 12 nitrogen and oxygen atoms in total. The van der Waals surface area contributed by atoms with Gasteiger partial charge in [0, 0.05) is 50.3 Å². The molecule has 0 radical (unpaired) electrons. The number of amides is 2. The number of aromatic nitrogens is 2. The van der Waals surface area contributed by atoms with Crippen LogP contribution in [0.4, 0.5) is 9.59 Å². The van der Waals surface area contributed by atoms with E-state index in [0.29, 0.717) is 56.4 Å². The SMILES string of the molecule is O=C(c1ccc(Cl)cc1)c1ccc2c(c1)oc(=O)n2C(=O)NCCCCCc1ccc2ccccc2c1.O=C(c1ccc(Cl)cc1)c1ccc2c(c1)oc(=O)n2C(=O)NCCCCCc1cccs1. The Balaban J connectivity index is 0.000000188. The molecular weight excluding hydrogens is 936 g/mol. The maximum absolute atomic E-state index is 12.8. The third-order valence-electron chi connectivity index (χ3n) is 11.5. The zero-order chi connectivity index (χ0) is 48.3. The van der Waals surface area contributed by atoms with E-state index in [1.165, 1.54) is 33.3 Å². The summed E-state index contributed by atoms with van der Waals surface area (Å²) >= 11 is 13.5. The van der Waals surface area contributed by atoms with Crippen molar-refractivity contribution >= 4 is 91.1 Å². The number of carbonyl (C=O) groups excluding carboxylic acids is 4. The van der Waals surface area contributed by atoms with Crippen molar-refractivity contribution < 1.29 is 28.0 Å². The second-order valence-corrected chi connectivity index (χ2v) is 18.2. The molecule has 0 aliphatic heterocycles. The number of nitrogens with one attached hydrogen (secondary N) is 2. The van der Waals surface area contributed by atoms with Crippen LogP contribution in [0.5, 0.6) is 0 Å². The van der Waals surface area contributed by atoms with E-state index in [-0.39, 0.29) is 22.7 Å². The predicted octanol–water partition coefficient (Wildman–Crippen LogP) is 12.1. The Bertz CT molecular complexity index is 3390. The molecule has 2 N–H and O–H groups in total. The van der Waals surface area contributed by atoms with Crippen LogP contribution < -0.4 is 22.1 Å². The summed E-state index contributed by atoms with van der Waals surface area (Å²) < 4.78 is 12.4. The van der Waals surface area contributed by atoms with Crippen LogP contribution in [-0.4, -0.2) is 45.9 Å². The van der Waals surface area contributed by atoms with Gasteiger partial charge in [-0.3, -0.25) is 9.59 Å². The Morgan fingerprint density at radius 2 is 0.986 bits per heavy atom. The Kier molecular flexibility index (Phi) is 15.8. The van der Waals surface area contributed by atoms with Gasteiger partial charge >= 0.3 is 23.6 Å². The number of nitrogens with zero attached hydrogens (tertiary/aromatic N) is 2. The van der Waals surface area contributed by atoms with Crippen LogP contribution >= 0.6 is 34.5 Å². The molecule has 0 saturated heterocycles. The van der Waals surface area contributed by atoms with Crippen LogP contribution in [-0.2, 0) is 12.8 Å². The Labute approximate surface area is 410 Å². The van der Waals surface area contributed by atoms with Crippen LogP contribution in [0.1, 0.15) is 80.8 Å². The number of aryl methyl sites for hydroxylation is 2. The summed E-state index contributed by atoms with van der Waals surface area (Å²) in [5.41, 5.74) is 3.92. The summed E-state index contributed by atoms with van der Waals surface area (Å²) in [5, 5.41) is 11.2. The Morgan fingerprint density at radius 3 is 1.49 bits per heavy atom. The summed E-state index contributed by atoms with van der Waals surface area (Å²) in [6.45, 7) is 0.915. The van der Waals surface area contributed by atoms with E-state index in [2.05, 4.69) is 52.4 Å². The average molecular weight is 982 g/mol. The molecule has 0 aliphatic carbocycles. The van der Waals surface area contributed by atoms with Crippen molar-refractivity contribution in [1.29, 1.82) is 0 Å². The van der Waals surface area contributed by atoms with Gasteiger partial charge in [-0.05, 0) is 151 Å². The first kappa shape index (κ1) is 48.1. The van der Waals surface area contributed by atoms with Gasteiger partial charge in [-0.25, -0.2) is 19.2 Å². The Hall–Kier alpha value is -7.32. The van der Waals surface area contributed by atoms with Crippen LogP contribution in [0.2, 0.25) is 10.0 Å². The van der Waals surface area contributed by atoms with Crippen LogP contribution in [0.3, 0.4) is 0 Å². The van der Waals surface area contributed by atoms with Crippen LogP contribution in [0, 0.1) is 0 Å².